The predicted octanol–water partition coefficient (Wildman–Crippen LogP) is 12.4. The fourth-order valence-corrected chi connectivity index (χ4v) is 6.76. The van der Waals surface area contributed by atoms with Gasteiger partial charge in [-0.15, -0.1) is 0 Å². The number of rotatable bonds is 9. The van der Waals surface area contributed by atoms with E-state index >= 15 is 0 Å². The van der Waals surface area contributed by atoms with Gasteiger partial charge in [-0.1, -0.05) is 152 Å². The summed E-state index contributed by atoms with van der Waals surface area (Å²) in [5.41, 5.74) is 18.9. The van der Waals surface area contributed by atoms with Gasteiger partial charge >= 0.3 is 0 Å². The largest absolute Gasteiger partial charge is 0.388 e. The average Bonchev–Trinajstić information content (AvgIpc) is 3.19. The second-order valence-corrected chi connectivity index (χ2v) is 12.9. The Morgan fingerprint density at radius 1 is 0.745 bits per heavy atom. The fourth-order valence-electron chi connectivity index (χ4n) is 6.76. The molecule has 0 amide bonds. The molecule has 6 aromatic carbocycles. The summed E-state index contributed by atoms with van der Waals surface area (Å²) in [4.78, 5) is 0. The zero-order valence-corrected chi connectivity index (χ0v) is 29.9. The third-order valence-corrected chi connectivity index (χ3v) is 9.59. The van der Waals surface area contributed by atoms with Gasteiger partial charge in [-0.05, 0) is 105 Å². The molecule has 0 aliphatic heterocycles. The first kappa shape index (κ1) is 34.9. The van der Waals surface area contributed by atoms with E-state index in [1.54, 1.807) is 6.08 Å². The number of fused-ring (bicyclic) bond motifs is 2. The highest BCUT2D eigenvalue weighted by Crippen LogP contribution is 2.34. The number of anilines is 2. The third kappa shape index (κ3) is 8.29. The summed E-state index contributed by atoms with van der Waals surface area (Å²) in [6, 6.07) is 47.0. The summed E-state index contributed by atoms with van der Waals surface area (Å²) in [7, 11) is 1.95. The first-order valence-electron chi connectivity index (χ1n) is 17.7. The van der Waals surface area contributed by atoms with Crippen LogP contribution in [0.3, 0.4) is 0 Å². The second-order valence-electron chi connectivity index (χ2n) is 12.9. The van der Waals surface area contributed by atoms with Crippen molar-refractivity contribution in [2.75, 3.05) is 17.7 Å². The maximum absolute atomic E-state index is 6.69. The van der Waals surface area contributed by atoms with Gasteiger partial charge in [0.15, 0.2) is 0 Å². The Kier molecular flexibility index (Phi) is 11.4. The number of hydrogen-bond acceptors (Lipinski definition) is 3. The van der Waals surface area contributed by atoms with Crippen LogP contribution in [0.25, 0.3) is 43.8 Å². The Morgan fingerprint density at radius 3 is 2.10 bits per heavy atom. The van der Waals surface area contributed by atoms with E-state index in [1.807, 2.05) is 19.2 Å². The molecule has 1 aliphatic rings. The highest BCUT2D eigenvalue weighted by molar-refractivity contribution is 5.97. The third-order valence-electron chi connectivity index (χ3n) is 9.59. The van der Waals surface area contributed by atoms with Crippen LogP contribution < -0.4 is 16.4 Å². The zero-order valence-electron chi connectivity index (χ0n) is 29.9. The van der Waals surface area contributed by atoms with Gasteiger partial charge in [0.05, 0.1) is 0 Å². The number of allylic oxidation sites excluding steroid dienone is 7. The standard InChI is InChI=1S/C33H28N2.C15H19N/c34-33(27-15-5-13-25(21-27)31-19-7-11-23-9-1-3-17-29(23)31)35-28-16-6-14-26(22-28)32-20-8-12-24-10-2-4-18-30(24)32;1-5-6-9-12(2)13(3)14-10-7-8-11-15(14)16-4/h1-4,6-12,14-22,33,35H,5,13,34H2;5-11,16H,1H2,2-4H3/b;9-6-,13-12+. The molecule has 51 heavy (non-hydrogen) atoms. The first-order chi connectivity index (χ1) is 25.0. The molecule has 0 bridgehead atoms. The lowest BCUT2D eigenvalue weighted by Crippen LogP contribution is -2.31. The Morgan fingerprint density at radius 2 is 1.37 bits per heavy atom. The van der Waals surface area contributed by atoms with Crippen molar-refractivity contribution < 1.29 is 0 Å². The molecular formula is C48H47N3. The Labute approximate surface area is 303 Å². The molecular weight excluding hydrogens is 619 g/mol. The van der Waals surface area contributed by atoms with Crippen LogP contribution in [0.5, 0.6) is 0 Å². The van der Waals surface area contributed by atoms with E-state index in [9.17, 15) is 0 Å². The van der Waals surface area contributed by atoms with Crippen molar-refractivity contribution in [2.24, 2.45) is 5.73 Å². The van der Waals surface area contributed by atoms with Crippen molar-refractivity contribution in [2.45, 2.75) is 32.9 Å². The summed E-state index contributed by atoms with van der Waals surface area (Å²) in [5, 5.41) is 11.8. The lowest BCUT2D eigenvalue weighted by molar-refractivity contribution is 0.875. The van der Waals surface area contributed by atoms with Gasteiger partial charge in [-0.3, -0.25) is 0 Å². The highest BCUT2D eigenvalue weighted by Gasteiger charge is 2.15. The van der Waals surface area contributed by atoms with Crippen LogP contribution in [0.4, 0.5) is 11.4 Å². The second kappa shape index (κ2) is 16.7. The molecule has 1 aliphatic carbocycles. The summed E-state index contributed by atoms with van der Waals surface area (Å²) in [6.45, 7) is 7.93. The molecule has 7 rings (SSSR count). The van der Waals surface area contributed by atoms with Gasteiger partial charge in [0.1, 0.15) is 6.17 Å². The summed E-state index contributed by atoms with van der Waals surface area (Å²) >= 11 is 0. The molecule has 0 heterocycles. The number of hydrogen-bond donors (Lipinski definition) is 3. The van der Waals surface area contributed by atoms with Crippen molar-refractivity contribution in [3.05, 3.63) is 193 Å². The molecule has 3 heteroatoms. The van der Waals surface area contributed by atoms with Crippen LogP contribution in [-0.4, -0.2) is 13.2 Å². The molecule has 3 nitrogen and oxygen atoms in total. The molecule has 1 unspecified atom stereocenters. The Hall–Kier alpha value is -5.90. The molecule has 6 aromatic rings. The van der Waals surface area contributed by atoms with Crippen molar-refractivity contribution in [3.63, 3.8) is 0 Å². The number of para-hydroxylation sites is 1. The lowest BCUT2D eigenvalue weighted by atomic mass is 9.90. The smallest absolute Gasteiger partial charge is 0.100 e. The number of benzene rings is 6. The van der Waals surface area contributed by atoms with E-state index in [0.29, 0.717) is 0 Å². The van der Waals surface area contributed by atoms with Gasteiger partial charge < -0.3 is 16.4 Å². The average molecular weight is 666 g/mol. The Bertz CT molecular complexity index is 2270. The zero-order chi connectivity index (χ0) is 35.6. The highest BCUT2D eigenvalue weighted by atomic mass is 15.0. The van der Waals surface area contributed by atoms with Crippen LogP contribution in [-0.2, 0) is 0 Å². The maximum Gasteiger partial charge on any atom is 0.100 e. The first-order valence-corrected chi connectivity index (χ1v) is 17.7. The minimum absolute atomic E-state index is 0.275. The van der Waals surface area contributed by atoms with Crippen molar-refractivity contribution in [3.8, 4) is 11.1 Å². The summed E-state index contributed by atoms with van der Waals surface area (Å²) in [6.07, 6.45) is 12.1. The minimum Gasteiger partial charge on any atom is -0.388 e. The number of nitrogens with two attached hydrogens (primary N) is 1. The van der Waals surface area contributed by atoms with Gasteiger partial charge in [-0.25, -0.2) is 0 Å². The van der Waals surface area contributed by atoms with Gasteiger partial charge in [0.25, 0.3) is 0 Å². The molecule has 0 radical (unpaired) electrons. The molecule has 0 saturated heterocycles. The molecule has 1 atom stereocenters. The van der Waals surface area contributed by atoms with Crippen molar-refractivity contribution in [1.29, 1.82) is 0 Å². The van der Waals surface area contributed by atoms with E-state index in [4.69, 9.17) is 5.73 Å². The monoisotopic (exact) mass is 665 g/mol. The van der Waals surface area contributed by atoms with Gasteiger partial charge in [-0.2, -0.15) is 0 Å². The minimum atomic E-state index is -0.275. The lowest BCUT2D eigenvalue weighted by Gasteiger charge is -2.22. The molecule has 0 saturated carbocycles. The van der Waals surface area contributed by atoms with Gasteiger partial charge in [0, 0.05) is 24.0 Å². The fraction of sp³-hybridized carbons (Fsp3) is 0.125. The van der Waals surface area contributed by atoms with Crippen LogP contribution in [0.1, 0.15) is 37.8 Å². The quantitative estimate of drug-likeness (QED) is 0.106. The Balaban J connectivity index is 0.000000237. The maximum atomic E-state index is 6.69. The topological polar surface area (TPSA) is 50.1 Å². The summed E-state index contributed by atoms with van der Waals surface area (Å²) < 4.78 is 0. The summed E-state index contributed by atoms with van der Waals surface area (Å²) in [5.74, 6) is 0. The predicted molar refractivity (Wildman–Crippen MR) is 224 cm³/mol. The molecule has 0 aromatic heterocycles. The molecule has 4 N–H and O–H groups in total. The normalized spacial score (nSPS) is 13.8. The molecule has 0 fully saturated rings. The van der Waals surface area contributed by atoms with Crippen LogP contribution in [0, 0.1) is 0 Å². The van der Waals surface area contributed by atoms with E-state index < -0.39 is 0 Å². The van der Waals surface area contributed by atoms with Crippen molar-refractivity contribution in [1.82, 2.24) is 0 Å². The van der Waals surface area contributed by atoms with Crippen LogP contribution in [0.15, 0.2) is 182 Å². The van der Waals surface area contributed by atoms with Crippen molar-refractivity contribution >= 4 is 44.1 Å². The molecule has 0 spiro atoms. The van der Waals surface area contributed by atoms with E-state index in [0.717, 1.165) is 29.8 Å². The number of nitrogens with one attached hydrogen (secondary N) is 2. The van der Waals surface area contributed by atoms with Crippen LogP contribution >= 0.6 is 0 Å². The molecule has 254 valence electrons. The van der Waals surface area contributed by atoms with Gasteiger partial charge in [0.2, 0.25) is 0 Å². The van der Waals surface area contributed by atoms with E-state index in [1.165, 1.54) is 60.5 Å². The van der Waals surface area contributed by atoms with E-state index in [-0.39, 0.29) is 6.17 Å². The van der Waals surface area contributed by atoms with Crippen LogP contribution in [0.2, 0.25) is 0 Å². The van der Waals surface area contributed by atoms with E-state index in [2.05, 4.69) is 177 Å². The SMILES string of the molecule is C=C/C=C\C(C)=C(/C)c1ccccc1NC.NC(Nc1cccc(-c2cccc3ccccc23)c1)C1=CCCC(c2cccc3ccccc23)=C1.